The predicted octanol–water partition coefficient (Wildman–Crippen LogP) is 2.88. The number of alkyl halides is 2. The highest BCUT2D eigenvalue weighted by Gasteiger charge is 2.13. The third-order valence-corrected chi connectivity index (χ3v) is 3.69. The second-order valence-electron chi connectivity index (χ2n) is 4.36. The van der Waals surface area contributed by atoms with E-state index in [-0.39, 0.29) is 17.4 Å². The lowest BCUT2D eigenvalue weighted by Gasteiger charge is -2.02. The SMILES string of the molecule is Cn1ccc(C(=O)Nc2nc3ccc(OC(F)F)cc3s2)n1. The van der Waals surface area contributed by atoms with Crippen molar-refractivity contribution >= 4 is 32.6 Å². The molecule has 0 radical (unpaired) electrons. The van der Waals surface area contributed by atoms with E-state index in [1.807, 2.05) is 0 Å². The van der Waals surface area contributed by atoms with Crippen molar-refractivity contribution in [2.24, 2.45) is 7.05 Å². The van der Waals surface area contributed by atoms with Crippen LogP contribution in [0.4, 0.5) is 13.9 Å². The third kappa shape index (κ3) is 3.03. The number of aryl methyl sites for hydroxylation is 1. The third-order valence-electron chi connectivity index (χ3n) is 2.75. The summed E-state index contributed by atoms with van der Waals surface area (Å²) in [6, 6.07) is 5.99. The summed E-state index contributed by atoms with van der Waals surface area (Å²) in [5.41, 5.74) is 0.853. The molecule has 6 nitrogen and oxygen atoms in total. The van der Waals surface area contributed by atoms with Crippen LogP contribution < -0.4 is 10.1 Å². The number of halogens is 2. The highest BCUT2D eigenvalue weighted by atomic mass is 32.1. The lowest BCUT2D eigenvalue weighted by molar-refractivity contribution is -0.0497. The van der Waals surface area contributed by atoms with Crippen molar-refractivity contribution in [1.29, 1.82) is 0 Å². The maximum Gasteiger partial charge on any atom is 0.387 e. The highest BCUT2D eigenvalue weighted by Crippen LogP contribution is 2.30. The van der Waals surface area contributed by atoms with Gasteiger partial charge in [0, 0.05) is 13.2 Å². The molecule has 2 heterocycles. The Hall–Kier alpha value is -2.55. The molecule has 0 unspecified atom stereocenters. The minimum atomic E-state index is -2.88. The fourth-order valence-electron chi connectivity index (χ4n) is 1.83. The van der Waals surface area contributed by atoms with Crippen LogP contribution in [0, 0.1) is 0 Å². The van der Waals surface area contributed by atoms with Gasteiger partial charge in [0.25, 0.3) is 5.91 Å². The summed E-state index contributed by atoms with van der Waals surface area (Å²) < 4.78 is 30.9. The second-order valence-corrected chi connectivity index (χ2v) is 5.39. The highest BCUT2D eigenvalue weighted by molar-refractivity contribution is 7.22. The number of aromatic nitrogens is 3. The Morgan fingerprint density at radius 1 is 1.41 bits per heavy atom. The molecular formula is C13H10F2N4O2S. The summed E-state index contributed by atoms with van der Waals surface area (Å²) in [5.74, 6) is -0.336. The van der Waals surface area contributed by atoms with Crippen LogP contribution >= 0.6 is 11.3 Å². The second kappa shape index (κ2) is 5.68. The molecule has 22 heavy (non-hydrogen) atoms. The summed E-state index contributed by atoms with van der Waals surface area (Å²) in [7, 11) is 1.71. The van der Waals surface area contributed by atoms with E-state index < -0.39 is 6.61 Å². The molecule has 0 aliphatic carbocycles. The maximum atomic E-state index is 12.2. The van der Waals surface area contributed by atoms with Crippen molar-refractivity contribution in [1.82, 2.24) is 14.8 Å². The van der Waals surface area contributed by atoms with Gasteiger partial charge in [0.15, 0.2) is 10.8 Å². The Balaban J connectivity index is 1.81. The number of thiazole rings is 1. The molecule has 2 aromatic heterocycles. The fourth-order valence-corrected chi connectivity index (χ4v) is 2.72. The number of rotatable bonds is 4. The van der Waals surface area contributed by atoms with Crippen LogP contribution in [0.1, 0.15) is 10.5 Å². The Labute approximate surface area is 127 Å². The van der Waals surface area contributed by atoms with Crippen LogP contribution in [-0.4, -0.2) is 27.3 Å². The topological polar surface area (TPSA) is 69.0 Å². The molecule has 0 saturated carbocycles. The van der Waals surface area contributed by atoms with Crippen LogP contribution in [0.15, 0.2) is 30.5 Å². The fraction of sp³-hybridized carbons (Fsp3) is 0.154. The summed E-state index contributed by atoms with van der Waals surface area (Å²) >= 11 is 1.17. The smallest absolute Gasteiger partial charge is 0.387 e. The normalized spacial score (nSPS) is 11.1. The van der Waals surface area contributed by atoms with E-state index in [0.29, 0.717) is 15.3 Å². The van der Waals surface area contributed by atoms with E-state index in [0.717, 1.165) is 0 Å². The van der Waals surface area contributed by atoms with Crippen LogP contribution in [0.3, 0.4) is 0 Å². The Morgan fingerprint density at radius 3 is 2.91 bits per heavy atom. The first-order valence-corrected chi connectivity index (χ1v) is 6.99. The first kappa shape index (κ1) is 14.4. The van der Waals surface area contributed by atoms with Crippen LogP contribution in [0.5, 0.6) is 5.75 Å². The molecule has 0 aliphatic rings. The van der Waals surface area contributed by atoms with E-state index in [4.69, 9.17) is 0 Å². The molecule has 0 aliphatic heterocycles. The van der Waals surface area contributed by atoms with E-state index in [1.165, 1.54) is 28.2 Å². The molecule has 3 rings (SSSR count). The Bertz CT molecular complexity index is 830. The zero-order chi connectivity index (χ0) is 15.7. The van der Waals surface area contributed by atoms with Gasteiger partial charge in [-0.25, -0.2) is 4.98 Å². The van der Waals surface area contributed by atoms with Crippen LogP contribution in [0.25, 0.3) is 10.2 Å². The lowest BCUT2D eigenvalue weighted by atomic mass is 10.3. The molecule has 114 valence electrons. The molecule has 1 N–H and O–H groups in total. The monoisotopic (exact) mass is 324 g/mol. The number of nitrogens with zero attached hydrogens (tertiary/aromatic N) is 3. The van der Waals surface area contributed by atoms with E-state index in [2.05, 4.69) is 20.1 Å². The predicted molar refractivity (Wildman–Crippen MR) is 77.4 cm³/mol. The van der Waals surface area contributed by atoms with E-state index in [9.17, 15) is 13.6 Å². The molecule has 0 atom stereocenters. The molecule has 1 aromatic carbocycles. The molecule has 9 heteroatoms. The van der Waals surface area contributed by atoms with Gasteiger partial charge in [0.2, 0.25) is 0 Å². The number of benzene rings is 1. The standard InChI is InChI=1S/C13H10F2N4O2S/c1-19-5-4-9(18-19)11(20)17-13-16-8-3-2-7(21-12(14)15)6-10(8)22-13/h2-6,12H,1H3,(H,16,17,20). The quantitative estimate of drug-likeness (QED) is 0.801. The van der Waals surface area contributed by atoms with Gasteiger partial charge in [-0.3, -0.25) is 14.8 Å². The number of fused-ring (bicyclic) bond motifs is 1. The Morgan fingerprint density at radius 2 is 2.23 bits per heavy atom. The number of anilines is 1. The van der Waals surface area contributed by atoms with Gasteiger partial charge >= 0.3 is 6.61 Å². The number of hydrogen-bond acceptors (Lipinski definition) is 5. The van der Waals surface area contributed by atoms with Gasteiger partial charge in [-0.05, 0) is 24.3 Å². The van der Waals surface area contributed by atoms with Crippen molar-refractivity contribution in [2.45, 2.75) is 6.61 Å². The number of amides is 1. The van der Waals surface area contributed by atoms with Crippen molar-refractivity contribution < 1.29 is 18.3 Å². The van der Waals surface area contributed by atoms with Gasteiger partial charge in [0.1, 0.15) is 5.75 Å². The number of nitrogens with one attached hydrogen (secondary N) is 1. The number of carbonyl (C=O) groups excluding carboxylic acids is 1. The first-order valence-electron chi connectivity index (χ1n) is 6.17. The van der Waals surface area contributed by atoms with Crippen molar-refractivity contribution in [3.8, 4) is 5.75 Å². The largest absolute Gasteiger partial charge is 0.435 e. The summed E-state index contributed by atoms with van der Waals surface area (Å²) in [6.07, 6.45) is 1.65. The zero-order valence-corrected chi connectivity index (χ0v) is 12.1. The van der Waals surface area contributed by atoms with Gasteiger partial charge in [-0.15, -0.1) is 0 Å². The average molecular weight is 324 g/mol. The van der Waals surface area contributed by atoms with E-state index >= 15 is 0 Å². The maximum absolute atomic E-state index is 12.2. The number of hydrogen-bond donors (Lipinski definition) is 1. The van der Waals surface area contributed by atoms with Gasteiger partial charge in [-0.1, -0.05) is 11.3 Å². The molecule has 0 fully saturated rings. The molecule has 0 saturated heterocycles. The van der Waals surface area contributed by atoms with Crippen LogP contribution in [-0.2, 0) is 7.05 Å². The van der Waals surface area contributed by atoms with Gasteiger partial charge < -0.3 is 4.74 Å². The minimum absolute atomic E-state index is 0.0498. The van der Waals surface area contributed by atoms with Gasteiger partial charge in [0.05, 0.1) is 10.2 Å². The summed E-state index contributed by atoms with van der Waals surface area (Å²) in [5, 5.41) is 6.97. The molecule has 0 bridgehead atoms. The van der Waals surface area contributed by atoms with Crippen LogP contribution in [0.2, 0.25) is 0 Å². The number of carbonyl (C=O) groups is 1. The first-order chi connectivity index (χ1) is 10.5. The van der Waals surface area contributed by atoms with Gasteiger partial charge in [-0.2, -0.15) is 13.9 Å². The minimum Gasteiger partial charge on any atom is -0.435 e. The Kier molecular flexibility index (Phi) is 3.72. The molecule has 1 amide bonds. The van der Waals surface area contributed by atoms with E-state index in [1.54, 1.807) is 25.4 Å². The van der Waals surface area contributed by atoms with Crippen molar-refractivity contribution in [2.75, 3.05) is 5.32 Å². The molecule has 3 aromatic rings. The lowest BCUT2D eigenvalue weighted by Crippen LogP contribution is -2.12. The zero-order valence-electron chi connectivity index (χ0n) is 11.3. The summed E-state index contributed by atoms with van der Waals surface area (Å²) in [6.45, 7) is -2.88. The summed E-state index contributed by atoms with van der Waals surface area (Å²) in [4.78, 5) is 16.2. The molecule has 0 spiro atoms. The average Bonchev–Trinajstić information content (AvgIpc) is 3.03. The molecular weight excluding hydrogens is 314 g/mol. The van der Waals surface area contributed by atoms with Crippen molar-refractivity contribution in [3.05, 3.63) is 36.2 Å². The number of ether oxygens (including phenoxy) is 1. The van der Waals surface area contributed by atoms with Crippen molar-refractivity contribution in [3.63, 3.8) is 0 Å².